The van der Waals surface area contributed by atoms with E-state index in [0.29, 0.717) is 13.2 Å². The lowest BCUT2D eigenvalue weighted by Crippen LogP contribution is -2.17. The van der Waals surface area contributed by atoms with Gasteiger partial charge in [-0.1, -0.05) is 0 Å². The van der Waals surface area contributed by atoms with Crippen LogP contribution in [0.15, 0.2) is 0 Å². The molecule has 0 amide bonds. The number of ether oxygens (including phenoxy) is 6. The monoisotopic (exact) mass is 220 g/mol. The summed E-state index contributed by atoms with van der Waals surface area (Å²) in [7, 11) is 0. The lowest BCUT2D eigenvalue weighted by atomic mass is 10.5. The van der Waals surface area contributed by atoms with Crippen LogP contribution < -0.4 is 0 Å². The molecule has 6 nitrogen and oxygen atoms in total. The van der Waals surface area contributed by atoms with Crippen molar-refractivity contribution in [3.8, 4) is 0 Å². The molecule has 2 atom stereocenters. The zero-order chi connectivity index (χ0) is 10.8. The Bertz CT molecular complexity index is 189. The molecule has 2 saturated heterocycles. The van der Waals surface area contributed by atoms with E-state index in [4.69, 9.17) is 28.4 Å². The third-order valence-corrected chi connectivity index (χ3v) is 2.16. The summed E-state index contributed by atoms with van der Waals surface area (Å²) >= 11 is 0. The van der Waals surface area contributed by atoms with E-state index >= 15 is 0 Å². The molecule has 0 aromatic rings. The van der Waals surface area contributed by atoms with E-state index in [0.717, 1.165) is 0 Å². The highest BCUT2D eigenvalue weighted by atomic mass is 16.9. The maximum absolute atomic E-state index is 5.21. The highest BCUT2D eigenvalue weighted by Crippen LogP contribution is 2.27. The summed E-state index contributed by atoms with van der Waals surface area (Å²) in [5, 5.41) is 0. The highest BCUT2D eigenvalue weighted by Gasteiger charge is 2.41. The van der Waals surface area contributed by atoms with E-state index in [9.17, 15) is 0 Å². The van der Waals surface area contributed by atoms with E-state index in [1.54, 1.807) is 0 Å². The van der Waals surface area contributed by atoms with Gasteiger partial charge in [-0.05, 0) is 13.8 Å². The van der Waals surface area contributed by atoms with Crippen molar-refractivity contribution >= 4 is 0 Å². The van der Waals surface area contributed by atoms with E-state index in [1.807, 2.05) is 13.8 Å². The van der Waals surface area contributed by atoms with Crippen LogP contribution in [0.1, 0.15) is 13.8 Å². The second-order valence-electron chi connectivity index (χ2n) is 3.90. The van der Waals surface area contributed by atoms with Crippen molar-refractivity contribution in [3.05, 3.63) is 0 Å². The normalized spacial score (nSPS) is 38.0. The zero-order valence-corrected chi connectivity index (χ0v) is 8.99. The van der Waals surface area contributed by atoms with Crippen molar-refractivity contribution in [2.24, 2.45) is 0 Å². The summed E-state index contributed by atoms with van der Waals surface area (Å²) in [6, 6.07) is 0. The van der Waals surface area contributed by atoms with Gasteiger partial charge >= 0.3 is 0 Å². The fourth-order valence-electron chi connectivity index (χ4n) is 0.830. The van der Waals surface area contributed by atoms with Crippen LogP contribution in [0.3, 0.4) is 0 Å². The van der Waals surface area contributed by atoms with Crippen LogP contribution in [0.5, 0.6) is 0 Å². The number of hydrogen-bond donors (Lipinski definition) is 0. The molecular formula is C9H16O6. The van der Waals surface area contributed by atoms with Crippen LogP contribution >= 0.6 is 0 Å². The van der Waals surface area contributed by atoms with Gasteiger partial charge in [-0.2, -0.15) is 0 Å². The van der Waals surface area contributed by atoms with Crippen LogP contribution in [0, 0.1) is 0 Å². The quantitative estimate of drug-likeness (QED) is 0.335. The molecule has 0 saturated carbocycles. The molecule has 2 unspecified atom stereocenters. The SMILES string of the molecule is CC1(OCOCOCOC2(C)CO2)CO1. The van der Waals surface area contributed by atoms with Crippen LogP contribution in [0.25, 0.3) is 0 Å². The molecular weight excluding hydrogens is 204 g/mol. The smallest absolute Gasteiger partial charge is 0.191 e. The van der Waals surface area contributed by atoms with Crippen LogP contribution in [-0.4, -0.2) is 45.2 Å². The Morgan fingerprint density at radius 2 is 1.27 bits per heavy atom. The average Bonchev–Trinajstić information content (AvgIpc) is 3.08. The van der Waals surface area contributed by atoms with Gasteiger partial charge in [0.25, 0.3) is 0 Å². The number of epoxide rings is 2. The van der Waals surface area contributed by atoms with Crippen molar-refractivity contribution in [2.75, 3.05) is 33.6 Å². The molecule has 0 aliphatic carbocycles. The zero-order valence-electron chi connectivity index (χ0n) is 8.99. The Kier molecular flexibility index (Phi) is 3.24. The molecule has 2 aliphatic heterocycles. The average molecular weight is 220 g/mol. The molecule has 0 aromatic carbocycles. The van der Waals surface area contributed by atoms with Gasteiger partial charge in [0.1, 0.15) is 13.2 Å². The molecule has 6 heteroatoms. The van der Waals surface area contributed by atoms with Crippen molar-refractivity contribution in [3.63, 3.8) is 0 Å². The minimum absolute atomic E-state index is 0.131. The lowest BCUT2D eigenvalue weighted by Gasteiger charge is -2.10. The van der Waals surface area contributed by atoms with Crippen LogP contribution in [0.4, 0.5) is 0 Å². The van der Waals surface area contributed by atoms with Crippen molar-refractivity contribution in [2.45, 2.75) is 25.4 Å². The molecule has 2 aliphatic rings. The molecule has 2 rings (SSSR count). The first-order chi connectivity index (χ1) is 7.12. The lowest BCUT2D eigenvalue weighted by molar-refractivity contribution is -0.211. The minimum Gasteiger partial charge on any atom is -0.342 e. The van der Waals surface area contributed by atoms with Gasteiger partial charge in [0.15, 0.2) is 32.0 Å². The second kappa shape index (κ2) is 4.32. The first-order valence-electron chi connectivity index (χ1n) is 4.83. The molecule has 0 spiro atoms. The summed E-state index contributed by atoms with van der Waals surface area (Å²) in [6.45, 7) is 5.39. The summed E-state index contributed by atoms with van der Waals surface area (Å²) in [5.74, 6) is -0.877. The maximum atomic E-state index is 5.21. The largest absolute Gasteiger partial charge is 0.342 e. The van der Waals surface area contributed by atoms with E-state index < -0.39 is 11.6 Å². The van der Waals surface area contributed by atoms with Crippen LogP contribution in [-0.2, 0) is 28.4 Å². The first-order valence-corrected chi connectivity index (χ1v) is 4.83. The van der Waals surface area contributed by atoms with Crippen molar-refractivity contribution < 1.29 is 28.4 Å². The third kappa shape index (κ3) is 4.02. The molecule has 0 bridgehead atoms. The van der Waals surface area contributed by atoms with Crippen LogP contribution in [0.2, 0.25) is 0 Å². The van der Waals surface area contributed by atoms with Gasteiger partial charge in [0.05, 0.1) is 0 Å². The van der Waals surface area contributed by atoms with E-state index in [-0.39, 0.29) is 20.4 Å². The fraction of sp³-hybridized carbons (Fsp3) is 1.00. The van der Waals surface area contributed by atoms with Gasteiger partial charge in [0, 0.05) is 0 Å². The van der Waals surface area contributed by atoms with Gasteiger partial charge in [-0.25, -0.2) is 0 Å². The summed E-state index contributed by atoms with van der Waals surface area (Å²) in [6.07, 6.45) is 0. The number of hydrogen-bond acceptors (Lipinski definition) is 6. The maximum Gasteiger partial charge on any atom is 0.191 e. The van der Waals surface area contributed by atoms with Gasteiger partial charge in [-0.3, -0.25) is 0 Å². The summed E-state index contributed by atoms with van der Waals surface area (Å²) in [5.41, 5.74) is 0. The molecule has 2 fully saturated rings. The van der Waals surface area contributed by atoms with Gasteiger partial charge < -0.3 is 28.4 Å². The molecule has 88 valence electrons. The van der Waals surface area contributed by atoms with Crippen molar-refractivity contribution in [1.82, 2.24) is 0 Å². The van der Waals surface area contributed by atoms with Gasteiger partial charge in [-0.15, -0.1) is 0 Å². The Labute approximate surface area is 88.3 Å². The first kappa shape index (κ1) is 11.3. The predicted octanol–water partition coefficient (Wildman–Crippen LogP) is 0.418. The number of rotatable bonds is 8. The molecule has 0 aromatic heterocycles. The topological polar surface area (TPSA) is 62.0 Å². The Morgan fingerprint density at radius 3 is 1.60 bits per heavy atom. The third-order valence-electron chi connectivity index (χ3n) is 2.16. The highest BCUT2D eigenvalue weighted by molar-refractivity contribution is 4.74. The van der Waals surface area contributed by atoms with Gasteiger partial charge in [0.2, 0.25) is 0 Å². The minimum atomic E-state index is -0.439. The molecule has 0 radical (unpaired) electrons. The summed E-state index contributed by atoms with van der Waals surface area (Å²) < 4.78 is 30.5. The second-order valence-corrected chi connectivity index (χ2v) is 3.90. The Morgan fingerprint density at radius 1 is 0.867 bits per heavy atom. The fourth-order valence-corrected chi connectivity index (χ4v) is 0.830. The molecule has 15 heavy (non-hydrogen) atoms. The van der Waals surface area contributed by atoms with E-state index in [2.05, 4.69) is 0 Å². The summed E-state index contributed by atoms with van der Waals surface area (Å²) in [4.78, 5) is 0. The standard InChI is InChI=1S/C9H16O6/c1-8(3-12-8)14-6-10-5-11-7-15-9(2)4-13-9/h3-7H2,1-2H3. The van der Waals surface area contributed by atoms with E-state index in [1.165, 1.54) is 0 Å². The molecule has 2 heterocycles. The van der Waals surface area contributed by atoms with Crippen molar-refractivity contribution in [1.29, 1.82) is 0 Å². The Balaban J connectivity index is 1.36. The predicted molar refractivity (Wildman–Crippen MR) is 47.7 cm³/mol. The molecule has 0 N–H and O–H groups in total. The Hall–Kier alpha value is -0.240.